The lowest BCUT2D eigenvalue weighted by atomic mass is 10.3. The van der Waals surface area contributed by atoms with Gasteiger partial charge in [-0.1, -0.05) is 0 Å². The monoisotopic (exact) mass is 334 g/mol. The largest absolute Gasteiger partial charge is 0.385 e. The van der Waals surface area contributed by atoms with Crippen molar-refractivity contribution in [1.82, 2.24) is 19.9 Å². The minimum absolute atomic E-state index is 0.178. The molecule has 0 saturated heterocycles. The molecular formula is C13H14F4N4O2. The average Bonchev–Trinajstić information content (AvgIpc) is 2.94. The Kier molecular flexibility index (Phi) is 5.48. The summed E-state index contributed by atoms with van der Waals surface area (Å²) >= 11 is 0. The number of carbonyl (C=O) groups excluding carboxylic acids is 1. The molecule has 2 aromatic rings. The lowest BCUT2D eigenvalue weighted by Crippen LogP contribution is -2.25. The summed E-state index contributed by atoms with van der Waals surface area (Å²) in [5.74, 6) is -0.606. The average molecular weight is 334 g/mol. The van der Waals surface area contributed by atoms with Crippen molar-refractivity contribution in [2.24, 2.45) is 0 Å². The number of methoxy groups -OCH3 is 1. The molecule has 2 aromatic heterocycles. The zero-order valence-corrected chi connectivity index (χ0v) is 12.1. The topological polar surface area (TPSA) is 68.5 Å². The first kappa shape index (κ1) is 17.1. The van der Waals surface area contributed by atoms with Crippen LogP contribution >= 0.6 is 0 Å². The fraction of sp³-hybridized carbons (Fsp3) is 0.462. The van der Waals surface area contributed by atoms with Crippen LogP contribution in [-0.2, 0) is 4.74 Å². The van der Waals surface area contributed by atoms with Crippen LogP contribution in [-0.4, -0.2) is 40.8 Å². The second-order valence-corrected chi connectivity index (χ2v) is 4.61. The van der Waals surface area contributed by atoms with Crippen LogP contribution in [0.15, 0.2) is 12.1 Å². The third kappa shape index (κ3) is 3.95. The molecule has 6 nitrogen and oxygen atoms in total. The highest BCUT2D eigenvalue weighted by molar-refractivity contribution is 5.93. The van der Waals surface area contributed by atoms with Gasteiger partial charge in [0, 0.05) is 26.3 Å². The maximum absolute atomic E-state index is 13.0. The second kappa shape index (κ2) is 7.36. The molecule has 2 heterocycles. The molecule has 0 atom stereocenters. The Hall–Kier alpha value is -2.23. The Morgan fingerprint density at radius 3 is 2.65 bits per heavy atom. The normalized spacial score (nSPS) is 11.6. The lowest BCUT2D eigenvalue weighted by Gasteiger charge is -2.06. The quantitative estimate of drug-likeness (QED) is 0.623. The predicted molar refractivity (Wildman–Crippen MR) is 71.7 cm³/mol. The van der Waals surface area contributed by atoms with Crippen molar-refractivity contribution in [2.75, 3.05) is 20.3 Å². The Bertz CT molecular complexity index is 690. The summed E-state index contributed by atoms with van der Waals surface area (Å²) in [7, 11) is 1.52. The van der Waals surface area contributed by atoms with E-state index < -0.39 is 30.1 Å². The number of rotatable bonds is 7. The first-order valence-electron chi connectivity index (χ1n) is 6.68. The summed E-state index contributed by atoms with van der Waals surface area (Å²) in [6.07, 6.45) is -5.47. The Morgan fingerprint density at radius 1 is 1.30 bits per heavy atom. The molecule has 0 aliphatic carbocycles. The maximum atomic E-state index is 13.0. The van der Waals surface area contributed by atoms with Gasteiger partial charge in [-0.2, -0.15) is 5.10 Å². The Morgan fingerprint density at radius 2 is 2.04 bits per heavy atom. The number of hydrogen-bond acceptors (Lipinski definition) is 4. The van der Waals surface area contributed by atoms with E-state index in [1.807, 2.05) is 0 Å². The molecule has 0 spiro atoms. The van der Waals surface area contributed by atoms with Crippen LogP contribution in [0.25, 0.3) is 5.65 Å². The summed E-state index contributed by atoms with van der Waals surface area (Å²) in [6.45, 7) is 0.748. The van der Waals surface area contributed by atoms with Gasteiger partial charge in [0.15, 0.2) is 11.3 Å². The first-order valence-corrected chi connectivity index (χ1v) is 6.68. The van der Waals surface area contributed by atoms with Crippen molar-refractivity contribution < 1.29 is 27.1 Å². The van der Waals surface area contributed by atoms with E-state index in [0.717, 1.165) is 6.07 Å². The second-order valence-electron chi connectivity index (χ2n) is 4.61. The third-order valence-corrected chi connectivity index (χ3v) is 2.97. The first-order chi connectivity index (χ1) is 10.9. The fourth-order valence-electron chi connectivity index (χ4n) is 1.91. The summed E-state index contributed by atoms with van der Waals surface area (Å²) in [5, 5.41) is 6.24. The SMILES string of the molecule is COCCCNC(=O)c1cc2nc(C(F)F)cc(C(F)F)n2n1. The molecule has 0 aliphatic heterocycles. The lowest BCUT2D eigenvalue weighted by molar-refractivity contribution is 0.0942. The molecule has 0 bridgehead atoms. The van der Waals surface area contributed by atoms with Gasteiger partial charge in [-0.25, -0.2) is 27.1 Å². The molecule has 1 amide bonds. The number of nitrogens with one attached hydrogen (secondary N) is 1. The molecule has 0 unspecified atom stereocenters. The number of hydrogen-bond donors (Lipinski definition) is 1. The van der Waals surface area contributed by atoms with Crippen molar-refractivity contribution in [3.05, 3.63) is 29.2 Å². The van der Waals surface area contributed by atoms with E-state index in [9.17, 15) is 22.4 Å². The van der Waals surface area contributed by atoms with Crippen molar-refractivity contribution in [1.29, 1.82) is 0 Å². The van der Waals surface area contributed by atoms with Crippen LogP contribution in [0.3, 0.4) is 0 Å². The standard InChI is InChI=1S/C13H14F4N4O2/c1-23-4-2-3-18-13(22)8-6-10-19-7(11(14)15)5-9(12(16)17)21(10)20-8/h5-6,11-12H,2-4H2,1H3,(H,18,22). The molecule has 10 heteroatoms. The fourth-order valence-corrected chi connectivity index (χ4v) is 1.91. The summed E-state index contributed by atoms with van der Waals surface area (Å²) in [5.41, 5.74) is -1.95. The Labute approximate surface area is 128 Å². The zero-order valence-electron chi connectivity index (χ0n) is 12.1. The van der Waals surface area contributed by atoms with Gasteiger partial charge in [0.2, 0.25) is 0 Å². The zero-order chi connectivity index (χ0) is 17.0. The van der Waals surface area contributed by atoms with Gasteiger partial charge in [-0.05, 0) is 12.5 Å². The molecule has 0 radical (unpaired) electrons. The van der Waals surface area contributed by atoms with Crippen LogP contribution in [0.1, 0.15) is 41.1 Å². The summed E-state index contributed by atoms with van der Waals surface area (Å²) in [4.78, 5) is 15.4. The summed E-state index contributed by atoms with van der Waals surface area (Å²) < 4.78 is 56.9. The van der Waals surface area contributed by atoms with Crippen molar-refractivity contribution >= 4 is 11.6 Å². The molecule has 23 heavy (non-hydrogen) atoms. The van der Waals surface area contributed by atoms with Crippen LogP contribution in [0.5, 0.6) is 0 Å². The highest BCUT2D eigenvalue weighted by Gasteiger charge is 2.21. The van der Waals surface area contributed by atoms with Gasteiger partial charge in [0.1, 0.15) is 11.4 Å². The number of fused-ring (bicyclic) bond motifs is 1. The van der Waals surface area contributed by atoms with Crippen LogP contribution in [0, 0.1) is 0 Å². The molecule has 0 aromatic carbocycles. The number of aromatic nitrogens is 3. The summed E-state index contributed by atoms with van der Waals surface area (Å²) in [6, 6.07) is 1.67. The van der Waals surface area contributed by atoms with Crippen LogP contribution in [0.4, 0.5) is 17.6 Å². The highest BCUT2D eigenvalue weighted by atomic mass is 19.3. The van der Waals surface area contributed by atoms with Crippen molar-refractivity contribution in [2.45, 2.75) is 19.3 Å². The highest BCUT2D eigenvalue weighted by Crippen LogP contribution is 2.25. The van der Waals surface area contributed by atoms with Gasteiger partial charge < -0.3 is 10.1 Å². The van der Waals surface area contributed by atoms with E-state index in [1.165, 1.54) is 7.11 Å². The number of amides is 1. The molecule has 2 rings (SSSR count). The number of alkyl halides is 4. The molecule has 1 N–H and O–H groups in total. The van der Waals surface area contributed by atoms with Gasteiger partial charge in [0.05, 0.1) is 0 Å². The van der Waals surface area contributed by atoms with Crippen molar-refractivity contribution in [3.63, 3.8) is 0 Å². The van der Waals surface area contributed by atoms with E-state index in [-0.39, 0.29) is 11.3 Å². The molecular weight excluding hydrogens is 320 g/mol. The van der Waals surface area contributed by atoms with Crippen molar-refractivity contribution in [3.8, 4) is 0 Å². The number of ether oxygens (including phenoxy) is 1. The van der Waals surface area contributed by atoms with Gasteiger partial charge >= 0.3 is 0 Å². The third-order valence-electron chi connectivity index (χ3n) is 2.97. The van der Waals surface area contributed by atoms with E-state index in [2.05, 4.69) is 15.4 Å². The van der Waals surface area contributed by atoms with Gasteiger partial charge in [-0.3, -0.25) is 4.79 Å². The van der Waals surface area contributed by atoms with Crippen LogP contribution < -0.4 is 5.32 Å². The minimum atomic E-state index is -3.03. The number of nitrogens with zero attached hydrogens (tertiary/aromatic N) is 3. The number of carbonyl (C=O) groups is 1. The van der Waals surface area contributed by atoms with Crippen LogP contribution in [0.2, 0.25) is 0 Å². The minimum Gasteiger partial charge on any atom is -0.385 e. The smallest absolute Gasteiger partial charge is 0.280 e. The molecule has 0 saturated carbocycles. The number of halogens is 4. The predicted octanol–water partition coefficient (Wildman–Crippen LogP) is 2.37. The molecule has 0 aliphatic rings. The Balaban J connectivity index is 2.30. The van der Waals surface area contributed by atoms with E-state index >= 15 is 0 Å². The molecule has 126 valence electrons. The van der Waals surface area contributed by atoms with Gasteiger partial charge in [0.25, 0.3) is 18.8 Å². The molecule has 0 fully saturated rings. The van der Waals surface area contributed by atoms with E-state index in [4.69, 9.17) is 4.74 Å². The van der Waals surface area contributed by atoms with E-state index in [1.54, 1.807) is 0 Å². The van der Waals surface area contributed by atoms with Gasteiger partial charge in [-0.15, -0.1) is 0 Å². The van der Waals surface area contributed by atoms with E-state index in [0.29, 0.717) is 30.2 Å². The maximum Gasteiger partial charge on any atom is 0.280 e.